The van der Waals surface area contributed by atoms with E-state index in [2.05, 4.69) is 20.7 Å². The van der Waals surface area contributed by atoms with E-state index in [1.165, 1.54) is 11.8 Å². The van der Waals surface area contributed by atoms with Crippen LogP contribution >= 0.6 is 23.4 Å². The minimum Gasteiger partial charge on any atom is -0.328 e. The molecule has 0 unspecified atom stereocenters. The summed E-state index contributed by atoms with van der Waals surface area (Å²) in [6.45, 7) is 1.87. The van der Waals surface area contributed by atoms with E-state index in [-0.39, 0.29) is 5.91 Å². The van der Waals surface area contributed by atoms with E-state index in [1.54, 1.807) is 4.68 Å². The zero-order valence-corrected chi connectivity index (χ0v) is 16.9. The van der Waals surface area contributed by atoms with Crippen molar-refractivity contribution in [2.75, 3.05) is 16.9 Å². The van der Waals surface area contributed by atoms with Crippen molar-refractivity contribution in [3.63, 3.8) is 0 Å². The first kappa shape index (κ1) is 18.6. The first-order valence-corrected chi connectivity index (χ1v) is 10.3. The molecule has 0 saturated carbocycles. The second kappa shape index (κ2) is 7.69. The molecule has 2 heterocycles. The molecule has 0 saturated heterocycles. The standard InChI is InChI=1S/C20H18ClN5OS/c1-12-16(18(27)23-15-9-4-3-5-10-15)17(13-7-6-8-14(21)11-13)26-19(22-12)24-20(25-26)28-2/h3-11,17H,1-2H3,(H,23,27)(H,22,24,25)/t17-/m0/s1. The number of carbonyl (C=O) groups is 1. The highest BCUT2D eigenvalue weighted by Crippen LogP contribution is 2.37. The van der Waals surface area contributed by atoms with Crippen molar-refractivity contribution in [3.05, 3.63) is 76.5 Å². The van der Waals surface area contributed by atoms with E-state index in [1.807, 2.05) is 67.8 Å². The van der Waals surface area contributed by atoms with Crippen LogP contribution in [0.3, 0.4) is 0 Å². The largest absolute Gasteiger partial charge is 0.328 e. The summed E-state index contributed by atoms with van der Waals surface area (Å²) in [5.41, 5.74) is 2.89. The van der Waals surface area contributed by atoms with Crippen molar-refractivity contribution in [1.82, 2.24) is 14.8 Å². The molecular weight excluding hydrogens is 394 g/mol. The van der Waals surface area contributed by atoms with Gasteiger partial charge in [-0.05, 0) is 43.0 Å². The van der Waals surface area contributed by atoms with Crippen molar-refractivity contribution < 1.29 is 4.79 Å². The summed E-state index contributed by atoms with van der Waals surface area (Å²) in [4.78, 5) is 17.7. The lowest BCUT2D eigenvalue weighted by atomic mass is 9.95. The van der Waals surface area contributed by atoms with Crippen LogP contribution in [0.15, 0.2) is 71.0 Å². The van der Waals surface area contributed by atoms with Crippen molar-refractivity contribution >= 4 is 40.9 Å². The maximum atomic E-state index is 13.2. The molecule has 4 rings (SSSR count). The first-order chi connectivity index (χ1) is 13.6. The van der Waals surface area contributed by atoms with E-state index in [0.717, 1.165) is 16.9 Å². The van der Waals surface area contributed by atoms with Crippen molar-refractivity contribution in [3.8, 4) is 0 Å². The smallest absolute Gasteiger partial charge is 0.255 e. The summed E-state index contributed by atoms with van der Waals surface area (Å²) in [6.07, 6.45) is 1.92. The van der Waals surface area contributed by atoms with Crippen LogP contribution in [0.25, 0.3) is 0 Å². The molecule has 1 atom stereocenters. The highest BCUT2D eigenvalue weighted by atomic mass is 35.5. The van der Waals surface area contributed by atoms with Gasteiger partial charge in [-0.2, -0.15) is 4.98 Å². The van der Waals surface area contributed by atoms with Crippen LogP contribution in [-0.2, 0) is 4.79 Å². The molecule has 8 heteroatoms. The van der Waals surface area contributed by atoms with Gasteiger partial charge in [-0.1, -0.05) is 53.7 Å². The van der Waals surface area contributed by atoms with Gasteiger partial charge in [0, 0.05) is 16.4 Å². The van der Waals surface area contributed by atoms with E-state index < -0.39 is 6.04 Å². The summed E-state index contributed by atoms with van der Waals surface area (Å²) in [7, 11) is 0. The Balaban J connectivity index is 1.81. The summed E-state index contributed by atoms with van der Waals surface area (Å²) in [5, 5.41) is 12.0. The molecule has 0 bridgehead atoms. The SMILES string of the molecule is CSc1nc2n(n1)[C@@H](c1cccc(Cl)c1)C(C(=O)Nc1ccccc1)=C(C)N2. The van der Waals surface area contributed by atoms with Gasteiger partial charge in [-0.15, -0.1) is 5.10 Å². The second-order valence-electron chi connectivity index (χ2n) is 6.31. The lowest BCUT2D eigenvalue weighted by Crippen LogP contribution is -2.31. The highest BCUT2D eigenvalue weighted by molar-refractivity contribution is 7.98. The molecule has 2 aromatic carbocycles. The minimum absolute atomic E-state index is 0.201. The van der Waals surface area contributed by atoms with E-state index >= 15 is 0 Å². The molecule has 2 N–H and O–H groups in total. The number of hydrogen-bond acceptors (Lipinski definition) is 5. The molecule has 1 aliphatic rings. The summed E-state index contributed by atoms with van der Waals surface area (Å²) >= 11 is 7.68. The maximum absolute atomic E-state index is 13.2. The Bertz CT molecular complexity index is 1060. The molecule has 0 fully saturated rings. The predicted octanol–water partition coefficient (Wildman–Crippen LogP) is 4.58. The van der Waals surface area contributed by atoms with Crippen LogP contribution < -0.4 is 10.6 Å². The number of para-hydroxylation sites is 1. The molecule has 6 nitrogen and oxygen atoms in total. The van der Waals surface area contributed by atoms with Gasteiger partial charge in [0.1, 0.15) is 6.04 Å². The first-order valence-electron chi connectivity index (χ1n) is 8.67. The van der Waals surface area contributed by atoms with E-state index in [4.69, 9.17) is 11.6 Å². The Morgan fingerprint density at radius 1 is 1.21 bits per heavy atom. The van der Waals surface area contributed by atoms with Gasteiger partial charge in [-0.25, -0.2) is 4.68 Å². The number of aromatic nitrogens is 3. The third-order valence-corrected chi connectivity index (χ3v) is 5.23. The van der Waals surface area contributed by atoms with Crippen LogP contribution in [-0.4, -0.2) is 26.9 Å². The molecule has 3 aromatic rings. The quantitative estimate of drug-likeness (QED) is 0.615. The van der Waals surface area contributed by atoms with Gasteiger partial charge >= 0.3 is 0 Å². The van der Waals surface area contributed by atoms with Crippen molar-refractivity contribution in [2.24, 2.45) is 0 Å². The second-order valence-corrected chi connectivity index (χ2v) is 7.52. The monoisotopic (exact) mass is 411 g/mol. The number of anilines is 2. The number of hydrogen-bond donors (Lipinski definition) is 2. The van der Waals surface area contributed by atoms with Crippen LogP contribution in [0.4, 0.5) is 11.6 Å². The fourth-order valence-electron chi connectivity index (χ4n) is 3.22. The fraction of sp³-hybridized carbons (Fsp3) is 0.150. The number of nitrogens with one attached hydrogen (secondary N) is 2. The molecule has 0 aliphatic carbocycles. The van der Waals surface area contributed by atoms with Crippen molar-refractivity contribution in [2.45, 2.75) is 18.1 Å². The van der Waals surface area contributed by atoms with Crippen LogP contribution in [0.2, 0.25) is 5.02 Å². The predicted molar refractivity (Wildman–Crippen MR) is 113 cm³/mol. The van der Waals surface area contributed by atoms with Gasteiger partial charge in [0.15, 0.2) is 0 Å². The summed E-state index contributed by atoms with van der Waals surface area (Å²) in [5.74, 6) is 0.399. The molecule has 142 valence electrons. The zero-order chi connectivity index (χ0) is 19.7. The normalized spacial score (nSPS) is 15.8. The number of rotatable bonds is 4. The molecule has 0 radical (unpaired) electrons. The van der Waals surface area contributed by atoms with E-state index in [0.29, 0.717) is 21.7 Å². The Morgan fingerprint density at radius 3 is 2.71 bits per heavy atom. The Labute approximate surface area is 172 Å². The number of thioether (sulfide) groups is 1. The third kappa shape index (κ3) is 3.50. The Kier molecular flexibility index (Phi) is 5.11. The molecule has 1 amide bonds. The molecule has 1 aromatic heterocycles. The average molecular weight is 412 g/mol. The Morgan fingerprint density at radius 2 is 2.00 bits per heavy atom. The Hall–Kier alpha value is -2.77. The van der Waals surface area contributed by atoms with Crippen molar-refractivity contribution in [1.29, 1.82) is 0 Å². The van der Waals surface area contributed by atoms with Gasteiger partial charge < -0.3 is 10.6 Å². The fourth-order valence-corrected chi connectivity index (χ4v) is 3.76. The topological polar surface area (TPSA) is 71.8 Å². The van der Waals surface area contributed by atoms with Gasteiger partial charge in [0.2, 0.25) is 11.1 Å². The minimum atomic E-state index is -0.438. The number of carbonyl (C=O) groups excluding carboxylic acids is 1. The molecule has 0 spiro atoms. The average Bonchev–Trinajstić information content (AvgIpc) is 3.10. The lowest BCUT2D eigenvalue weighted by Gasteiger charge is -2.28. The number of amides is 1. The summed E-state index contributed by atoms with van der Waals surface area (Å²) < 4.78 is 1.74. The van der Waals surface area contributed by atoms with Crippen LogP contribution in [0.1, 0.15) is 18.5 Å². The third-order valence-electron chi connectivity index (χ3n) is 4.46. The number of fused-ring (bicyclic) bond motifs is 1. The summed E-state index contributed by atoms with van der Waals surface area (Å²) in [6, 6.07) is 16.4. The number of nitrogens with zero attached hydrogens (tertiary/aromatic N) is 3. The van der Waals surface area contributed by atoms with E-state index in [9.17, 15) is 4.79 Å². The number of benzene rings is 2. The molecular formula is C20H18ClN5OS. The highest BCUT2D eigenvalue weighted by Gasteiger charge is 2.34. The maximum Gasteiger partial charge on any atom is 0.255 e. The number of halogens is 1. The van der Waals surface area contributed by atoms with Gasteiger partial charge in [0.05, 0.1) is 5.57 Å². The van der Waals surface area contributed by atoms with Gasteiger partial charge in [-0.3, -0.25) is 4.79 Å². The molecule has 1 aliphatic heterocycles. The van der Waals surface area contributed by atoms with Gasteiger partial charge in [0.25, 0.3) is 5.91 Å². The lowest BCUT2D eigenvalue weighted by molar-refractivity contribution is -0.113. The molecule has 28 heavy (non-hydrogen) atoms. The zero-order valence-electron chi connectivity index (χ0n) is 15.3. The van der Waals surface area contributed by atoms with Crippen LogP contribution in [0.5, 0.6) is 0 Å². The number of allylic oxidation sites excluding steroid dienone is 1. The van der Waals surface area contributed by atoms with Crippen LogP contribution in [0, 0.1) is 0 Å².